The summed E-state index contributed by atoms with van der Waals surface area (Å²) in [7, 11) is 3.19. The van der Waals surface area contributed by atoms with E-state index in [2.05, 4.69) is 0 Å². The molecule has 0 saturated heterocycles. The number of hydrogen-bond donors (Lipinski definition) is 0. The number of para-hydroxylation sites is 1. The Labute approximate surface area is 151 Å². The SMILES string of the molecule is COc1ccccc1CN(C)C(=O)COC(=O)/C=C/c1ccc(F)cc1. The van der Waals surface area contributed by atoms with Crippen molar-refractivity contribution in [3.05, 3.63) is 71.6 Å². The summed E-state index contributed by atoms with van der Waals surface area (Å²) in [6.07, 6.45) is 2.69. The molecule has 0 N–H and O–H groups in total. The van der Waals surface area contributed by atoms with Crippen molar-refractivity contribution in [1.82, 2.24) is 4.90 Å². The fourth-order valence-corrected chi connectivity index (χ4v) is 2.21. The molecule has 1 amide bonds. The van der Waals surface area contributed by atoms with E-state index in [0.717, 1.165) is 5.56 Å². The fraction of sp³-hybridized carbons (Fsp3) is 0.200. The van der Waals surface area contributed by atoms with E-state index >= 15 is 0 Å². The normalized spacial score (nSPS) is 10.6. The highest BCUT2D eigenvalue weighted by atomic mass is 19.1. The third-order valence-electron chi connectivity index (χ3n) is 3.65. The first kappa shape index (κ1) is 19.2. The van der Waals surface area contributed by atoms with Crippen molar-refractivity contribution >= 4 is 18.0 Å². The molecule has 0 aliphatic heterocycles. The minimum atomic E-state index is -0.645. The molecule has 6 heteroatoms. The van der Waals surface area contributed by atoms with Gasteiger partial charge in [-0.1, -0.05) is 30.3 Å². The average Bonchev–Trinajstić information content (AvgIpc) is 2.66. The number of carbonyl (C=O) groups excluding carboxylic acids is 2. The Morgan fingerprint density at radius 2 is 1.81 bits per heavy atom. The molecule has 2 aromatic rings. The summed E-state index contributed by atoms with van der Waals surface area (Å²) < 4.78 is 23.0. The molecule has 26 heavy (non-hydrogen) atoms. The minimum absolute atomic E-state index is 0.334. The van der Waals surface area contributed by atoms with Crippen LogP contribution >= 0.6 is 0 Å². The third-order valence-corrected chi connectivity index (χ3v) is 3.65. The Morgan fingerprint density at radius 3 is 2.50 bits per heavy atom. The molecule has 136 valence electrons. The zero-order valence-electron chi connectivity index (χ0n) is 14.6. The number of nitrogens with zero attached hydrogens (tertiary/aromatic N) is 1. The van der Waals surface area contributed by atoms with Crippen LogP contribution in [0.1, 0.15) is 11.1 Å². The van der Waals surface area contributed by atoms with Crippen LogP contribution in [-0.2, 0) is 20.9 Å². The van der Waals surface area contributed by atoms with Crippen LogP contribution in [-0.4, -0.2) is 37.5 Å². The number of likely N-dealkylation sites (N-methyl/N-ethyl adjacent to an activating group) is 1. The highest BCUT2D eigenvalue weighted by molar-refractivity contribution is 5.89. The lowest BCUT2D eigenvalue weighted by Crippen LogP contribution is -2.30. The van der Waals surface area contributed by atoms with E-state index in [1.54, 1.807) is 14.2 Å². The highest BCUT2D eigenvalue weighted by Gasteiger charge is 2.13. The maximum Gasteiger partial charge on any atom is 0.331 e. The largest absolute Gasteiger partial charge is 0.496 e. The molecule has 0 spiro atoms. The molecule has 0 bridgehead atoms. The summed E-state index contributed by atoms with van der Waals surface area (Å²) in [4.78, 5) is 25.3. The molecule has 5 nitrogen and oxygen atoms in total. The van der Waals surface area contributed by atoms with E-state index in [9.17, 15) is 14.0 Å². The molecule has 0 fully saturated rings. The van der Waals surface area contributed by atoms with Crippen LogP contribution in [0.15, 0.2) is 54.6 Å². The number of benzene rings is 2. The Morgan fingerprint density at radius 1 is 1.12 bits per heavy atom. The van der Waals surface area contributed by atoms with Crippen molar-refractivity contribution in [3.63, 3.8) is 0 Å². The van der Waals surface area contributed by atoms with Gasteiger partial charge in [-0.2, -0.15) is 0 Å². The Balaban J connectivity index is 1.83. The first-order valence-electron chi connectivity index (χ1n) is 7.96. The van der Waals surface area contributed by atoms with Gasteiger partial charge in [0.15, 0.2) is 6.61 Å². The van der Waals surface area contributed by atoms with Crippen LogP contribution in [0.5, 0.6) is 5.75 Å². The topological polar surface area (TPSA) is 55.8 Å². The smallest absolute Gasteiger partial charge is 0.331 e. The molecule has 0 aliphatic carbocycles. The number of methoxy groups -OCH3 is 1. The quantitative estimate of drug-likeness (QED) is 0.565. The van der Waals surface area contributed by atoms with Gasteiger partial charge in [-0.05, 0) is 29.8 Å². The predicted octanol–water partition coefficient (Wildman–Crippen LogP) is 3.05. The van der Waals surface area contributed by atoms with Gasteiger partial charge < -0.3 is 14.4 Å². The van der Waals surface area contributed by atoms with Gasteiger partial charge in [0.1, 0.15) is 11.6 Å². The van der Waals surface area contributed by atoms with Crippen molar-refractivity contribution in [2.45, 2.75) is 6.54 Å². The molecule has 0 aromatic heterocycles. The van der Waals surface area contributed by atoms with E-state index in [1.807, 2.05) is 24.3 Å². The Hall–Kier alpha value is -3.15. The summed E-state index contributed by atoms with van der Waals surface area (Å²) in [5.41, 5.74) is 1.51. The number of hydrogen-bond acceptors (Lipinski definition) is 4. The van der Waals surface area contributed by atoms with Gasteiger partial charge in [-0.15, -0.1) is 0 Å². The zero-order chi connectivity index (χ0) is 18.9. The van der Waals surface area contributed by atoms with Crippen molar-refractivity contribution < 1.29 is 23.5 Å². The molecule has 0 heterocycles. The third kappa shape index (κ3) is 5.73. The van der Waals surface area contributed by atoms with Gasteiger partial charge in [-0.3, -0.25) is 4.79 Å². The summed E-state index contributed by atoms with van der Waals surface area (Å²) in [5, 5.41) is 0. The lowest BCUT2D eigenvalue weighted by molar-refractivity contribution is -0.147. The molecule has 2 rings (SSSR count). The molecule has 0 radical (unpaired) electrons. The zero-order valence-corrected chi connectivity index (χ0v) is 14.6. The Kier molecular flexibility index (Phi) is 6.91. The van der Waals surface area contributed by atoms with E-state index in [-0.39, 0.29) is 18.3 Å². The van der Waals surface area contributed by atoms with E-state index in [0.29, 0.717) is 17.9 Å². The van der Waals surface area contributed by atoms with Crippen molar-refractivity contribution in [3.8, 4) is 5.75 Å². The van der Waals surface area contributed by atoms with Crippen molar-refractivity contribution in [2.24, 2.45) is 0 Å². The molecule has 0 saturated carbocycles. The minimum Gasteiger partial charge on any atom is -0.496 e. The first-order chi connectivity index (χ1) is 12.5. The molecule has 0 atom stereocenters. The average molecular weight is 357 g/mol. The molecular formula is C20H20FNO4. The number of esters is 1. The molecule has 2 aromatic carbocycles. The maximum absolute atomic E-state index is 12.8. The summed E-state index contributed by atoms with van der Waals surface area (Å²) in [6.45, 7) is -0.0238. The monoisotopic (exact) mass is 357 g/mol. The van der Waals surface area contributed by atoms with Gasteiger partial charge in [0.25, 0.3) is 5.91 Å². The lowest BCUT2D eigenvalue weighted by Gasteiger charge is -2.18. The lowest BCUT2D eigenvalue weighted by atomic mass is 10.2. The van der Waals surface area contributed by atoms with Gasteiger partial charge in [0.2, 0.25) is 0 Å². The second-order valence-electron chi connectivity index (χ2n) is 5.55. The number of halogens is 1. The van der Waals surface area contributed by atoms with Gasteiger partial charge in [0.05, 0.1) is 7.11 Å². The Bertz CT molecular complexity index is 787. The predicted molar refractivity (Wildman–Crippen MR) is 95.9 cm³/mol. The second kappa shape index (κ2) is 9.36. The highest BCUT2D eigenvalue weighted by Crippen LogP contribution is 2.18. The van der Waals surface area contributed by atoms with Crippen LogP contribution in [0.3, 0.4) is 0 Å². The van der Waals surface area contributed by atoms with Crippen LogP contribution in [0.2, 0.25) is 0 Å². The second-order valence-corrected chi connectivity index (χ2v) is 5.55. The fourth-order valence-electron chi connectivity index (χ4n) is 2.21. The van der Waals surface area contributed by atoms with Gasteiger partial charge in [-0.25, -0.2) is 9.18 Å². The first-order valence-corrected chi connectivity index (χ1v) is 7.96. The van der Waals surface area contributed by atoms with Gasteiger partial charge in [0, 0.05) is 25.2 Å². The summed E-state index contributed by atoms with van der Waals surface area (Å²) in [5.74, 6) is -0.646. The van der Waals surface area contributed by atoms with E-state index < -0.39 is 5.97 Å². The molecule has 0 unspecified atom stereocenters. The number of rotatable bonds is 7. The van der Waals surface area contributed by atoms with Crippen LogP contribution in [0.4, 0.5) is 4.39 Å². The molecule has 0 aliphatic rings. The van der Waals surface area contributed by atoms with Crippen molar-refractivity contribution in [1.29, 1.82) is 0 Å². The van der Waals surface area contributed by atoms with Crippen LogP contribution in [0, 0.1) is 5.82 Å². The van der Waals surface area contributed by atoms with Crippen LogP contribution in [0.25, 0.3) is 6.08 Å². The summed E-state index contributed by atoms with van der Waals surface area (Å²) in [6, 6.07) is 13.0. The number of carbonyl (C=O) groups is 2. The number of ether oxygens (including phenoxy) is 2. The maximum atomic E-state index is 12.8. The molecular weight excluding hydrogens is 337 g/mol. The van der Waals surface area contributed by atoms with Gasteiger partial charge >= 0.3 is 5.97 Å². The van der Waals surface area contributed by atoms with E-state index in [1.165, 1.54) is 41.3 Å². The standard InChI is InChI=1S/C20H20FNO4/c1-22(13-16-5-3-4-6-18(16)25-2)19(23)14-26-20(24)12-9-15-7-10-17(21)11-8-15/h3-12H,13-14H2,1-2H3/b12-9+. The number of amides is 1. The summed E-state index contributed by atoms with van der Waals surface area (Å²) >= 11 is 0. The van der Waals surface area contributed by atoms with E-state index in [4.69, 9.17) is 9.47 Å². The van der Waals surface area contributed by atoms with Crippen LogP contribution < -0.4 is 4.74 Å². The van der Waals surface area contributed by atoms with Crippen molar-refractivity contribution in [2.75, 3.05) is 20.8 Å².